The summed E-state index contributed by atoms with van der Waals surface area (Å²) in [7, 11) is 0. The largest absolute Gasteiger partial charge is 0.314 e. The minimum absolute atomic E-state index is 0.507. The van der Waals surface area contributed by atoms with Crippen LogP contribution in [0, 0.1) is 0 Å². The predicted octanol–water partition coefficient (Wildman–Crippen LogP) is 4.27. The minimum atomic E-state index is 0.507. The van der Waals surface area contributed by atoms with E-state index in [1.165, 1.54) is 14.9 Å². The molecule has 0 spiro atoms. The van der Waals surface area contributed by atoms with Crippen molar-refractivity contribution in [1.29, 1.82) is 0 Å². The van der Waals surface area contributed by atoms with Crippen LogP contribution in [-0.2, 0) is 12.8 Å². The Balaban J connectivity index is 2.02. The third-order valence-electron chi connectivity index (χ3n) is 2.94. The van der Waals surface area contributed by atoms with Gasteiger partial charge in [-0.15, -0.1) is 11.3 Å². The zero-order valence-corrected chi connectivity index (χ0v) is 12.9. The van der Waals surface area contributed by atoms with E-state index in [-0.39, 0.29) is 0 Å². The molecule has 96 valence electrons. The van der Waals surface area contributed by atoms with Crippen molar-refractivity contribution in [2.75, 3.05) is 6.54 Å². The average molecular weight is 324 g/mol. The van der Waals surface area contributed by atoms with Gasteiger partial charge in [-0.3, -0.25) is 0 Å². The van der Waals surface area contributed by atoms with Crippen molar-refractivity contribution in [3.63, 3.8) is 0 Å². The highest BCUT2D eigenvalue weighted by Gasteiger charge is 2.12. The van der Waals surface area contributed by atoms with Gasteiger partial charge in [0, 0.05) is 15.4 Å². The van der Waals surface area contributed by atoms with Crippen LogP contribution < -0.4 is 5.32 Å². The molecule has 0 bridgehead atoms. The summed E-state index contributed by atoms with van der Waals surface area (Å²) in [5.74, 6) is 0. The third-order valence-corrected chi connectivity index (χ3v) is 4.89. The number of hydrogen-bond donors (Lipinski definition) is 1. The lowest BCUT2D eigenvalue weighted by molar-refractivity contribution is 0.524. The van der Waals surface area contributed by atoms with Gasteiger partial charge in [0.15, 0.2) is 0 Å². The van der Waals surface area contributed by atoms with E-state index < -0.39 is 0 Å². The highest BCUT2D eigenvalue weighted by molar-refractivity contribution is 9.10. The first-order valence-corrected chi connectivity index (χ1v) is 7.96. The molecule has 18 heavy (non-hydrogen) atoms. The van der Waals surface area contributed by atoms with Crippen LogP contribution in [0.4, 0.5) is 0 Å². The topological polar surface area (TPSA) is 12.0 Å². The van der Waals surface area contributed by atoms with Crippen LogP contribution in [-0.4, -0.2) is 12.6 Å². The third kappa shape index (κ3) is 3.94. The molecule has 2 aromatic rings. The maximum Gasteiger partial charge on any atom is 0.0314 e. The van der Waals surface area contributed by atoms with Crippen LogP contribution in [0.5, 0.6) is 0 Å². The molecule has 0 saturated heterocycles. The number of hydrogen-bond acceptors (Lipinski definition) is 2. The molecule has 1 aromatic carbocycles. The Kier molecular flexibility index (Phi) is 5.42. The van der Waals surface area contributed by atoms with E-state index in [9.17, 15) is 0 Å². The molecule has 0 aliphatic heterocycles. The monoisotopic (exact) mass is 323 g/mol. The van der Waals surface area contributed by atoms with Gasteiger partial charge in [0.05, 0.1) is 0 Å². The first kappa shape index (κ1) is 13.8. The molecule has 0 aliphatic carbocycles. The van der Waals surface area contributed by atoms with E-state index in [1.54, 1.807) is 0 Å². The maximum absolute atomic E-state index is 3.61. The smallest absolute Gasteiger partial charge is 0.0314 e. The van der Waals surface area contributed by atoms with Gasteiger partial charge in [-0.25, -0.2) is 0 Å². The van der Waals surface area contributed by atoms with E-state index in [4.69, 9.17) is 0 Å². The van der Waals surface area contributed by atoms with Gasteiger partial charge in [0.2, 0.25) is 0 Å². The molecule has 0 amide bonds. The summed E-state index contributed by atoms with van der Waals surface area (Å²) >= 11 is 5.44. The van der Waals surface area contributed by atoms with Crippen LogP contribution in [0.2, 0.25) is 0 Å². The van der Waals surface area contributed by atoms with Gasteiger partial charge in [0.25, 0.3) is 0 Å². The molecule has 0 saturated carbocycles. The SMILES string of the molecule is CCNC(Cc1ccccc1)Cc1sccc1Br. The quantitative estimate of drug-likeness (QED) is 0.836. The molecule has 1 atom stereocenters. The normalized spacial score (nSPS) is 12.6. The van der Waals surface area contributed by atoms with Gasteiger partial charge in [0.1, 0.15) is 0 Å². The average Bonchev–Trinajstić information content (AvgIpc) is 2.77. The van der Waals surface area contributed by atoms with Crippen molar-refractivity contribution < 1.29 is 0 Å². The van der Waals surface area contributed by atoms with Gasteiger partial charge < -0.3 is 5.32 Å². The fourth-order valence-corrected chi connectivity index (χ4v) is 3.69. The molecule has 1 nitrogen and oxygen atoms in total. The van der Waals surface area contributed by atoms with E-state index in [0.717, 1.165) is 19.4 Å². The number of thiophene rings is 1. The molecule has 1 heterocycles. The highest BCUT2D eigenvalue weighted by atomic mass is 79.9. The number of likely N-dealkylation sites (N-methyl/N-ethyl adjacent to an activating group) is 1. The van der Waals surface area contributed by atoms with Crippen LogP contribution >= 0.6 is 27.3 Å². The first-order chi connectivity index (χ1) is 8.79. The molecular formula is C15H18BrNS. The molecule has 2 rings (SSSR count). The van der Waals surface area contributed by atoms with E-state index in [2.05, 4.69) is 69.9 Å². The summed E-state index contributed by atoms with van der Waals surface area (Å²) in [4.78, 5) is 1.43. The number of nitrogens with one attached hydrogen (secondary N) is 1. The van der Waals surface area contributed by atoms with E-state index in [0.29, 0.717) is 6.04 Å². The zero-order valence-electron chi connectivity index (χ0n) is 10.5. The van der Waals surface area contributed by atoms with Crippen molar-refractivity contribution in [3.8, 4) is 0 Å². The minimum Gasteiger partial charge on any atom is -0.314 e. The summed E-state index contributed by atoms with van der Waals surface area (Å²) in [6.07, 6.45) is 2.17. The Morgan fingerprint density at radius 2 is 1.94 bits per heavy atom. The second kappa shape index (κ2) is 7.07. The number of benzene rings is 1. The second-order valence-electron chi connectivity index (χ2n) is 4.34. The molecule has 3 heteroatoms. The Labute approximate surface area is 121 Å². The second-order valence-corrected chi connectivity index (χ2v) is 6.20. The molecule has 0 aliphatic rings. The molecule has 1 N–H and O–H groups in total. The number of rotatable bonds is 6. The molecule has 0 radical (unpaired) electrons. The molecular weight excluding hydrogens is 306 g/mol. The van der Waals surface area contributed by atoms with Crippen molar-refractivity contribution >= 4 is 27.3 Å². The van der Waals surface area contributed by atoms with Crippen molar-refractivity contribution in [1.82, 2.24) is 5.32 Å². The van der Waals surface area contributed by atoms with E-state index >= 15 is 0 Å². The lowest BCUT2D eigenvalue weighted by atomic mass is 10.0. The van der Waals surface area contributed by atoms with Crippen LogP contribution in [0.15, 0.2) is 46.3 Å². The Hall–Kier alpha value is -0.640. The first-order valence-electron chi connectivity index (χ1n) is 6.28. The fourth-order valence-electron chi connectivity index (χ4n) is 2.10. The highest BCUT2D eigenvalue weighted by Crippen LogP contribution is 2.24. The predicted molar refractivity (Wildman–Crippen MR) is 83.3 cm³/mol. The van der Waals surface area contributed by atoms with Crippen molar-refractivity contribution in [2.24, 2.45) is 0 Å². The van der Waals surface area contributed by atoms with Crippen molar-refractivity contribution in [2.45, 2.75) is 25.8 Å². The van der Waals surface area contributed by atoms with Crippen LogP contribution in [0.1, 0.15) is 17.4 Å². The summed E-state index contributed by atoms with van der Waals surface area (Å²) < 4.78 is 1.24. The Bertz CT molecular complexity index is 466. The van der Waals surface area contributed by atoms with Gasteiger partial charge in [-0.1, -0.05) is 37.3 Å². The number of halogens is 1. The summed E-state index contributed by atoms with van der Waals surface area (Å²) in [6.45, 7) is 3.18. The van der Waals surface area contributed by atoms with Gasteiger partial charge in [-0.2, -0.15) is 0 Å². The maximum atomic E-state index is 3.61. The van der Waals surface area contributed by atoms with E-state index in [1.807, 2.05) is 11.3 Å². The molecule has 1 aromatic heterocycles. The zero-order chi connectivity index (χ0) is 12.8. The Morgan fingerprint density at radius 3 is 2.56 bits per heavy atom. The molecule has 1 unspecified atom stereocenters. The fraction of sp³-hybridized carbons (Fsp3) is 0.333. The lowest BCUT2D eigenvalue weighted by Crippen LogP contribution is -2.32. The van der Waals surface area contributed by atoms with Crippen molar-refractivity contribution in [3.05, 3.63) is 56.7 Å². The van der Waals surface area contributed by atoms with Gasteiger partial charge >= 0.3 is 0 Å². The van der Waals surface area contributed by atoms with Gasteiger partial charge in [-0.05, 0) is 52.3 Å². The summed E-state index contributed by atoms with van der Waals surface area (Å²) in [5.41, 5.74) is 1.40. The molecule has 0 fully saturated rings. The summed E-state index contributed by atoms with van der Waals surface area (Å²) in [5, 5.41) is 5.73. The Morgan fingerprint density at radius 1 is 1.17 bits per heavy atom. The summed E-state index contributed by atoms with van der Waals surface area (Å²) in [6, 6.07) is 13.3. The lowest BCUT2D eigenvalue weighted by Gasteiger charge is -2.17. The standard InChI is InChI=1S/C15H18BrNS/c1-2-17-13(10-12-6-4-3-5-7-12)11-15-14(16)8-9-18-15/h3-9,13,17H,2,10-11H2,1H3. The van der Waals surface area contributed by atoms with Crippen LogP contribution in [0.3, 0.4) is 0 Å². The van der Waals surface area contributed by atoms with Crippen LogP contribution in [0.25, 0.3) is 0 Å².